The molecule has 1 heterocycles. The number of urea groups is 1. The molecule has 0 aliphatic carbocycles. The Kier molecular flexibility index (Phi) is 26.1. The summed E-state index contributed by atoms with van der Waals surface area (Å²) in [6.45, 7) is 0.497. The Morgan fingerprint density at radius 1 is 0.478 bits per heavy atom. The van der Waals surface area contributed by atoms with Crippen LogP contribution in [0.5, 0.6) is 23.0 Å². The fourth-order valence-corrected chi connectivity index (χ4v) is 10.3. The number of hydrogen-bond donors (Lipinski definition) is 12. The van der Waals surface area contributed by atoms with Crippen LogP contribution in [0.25, 0.3) is 10.9 Å². The van der Waals surface area contributed by atoms with Crippen LogP contribution in [-0.2, 0) is 51.3 Å². The predicted octanol–water partition coefficient (Wildman–Crippen LogP) is 2.27. The first kappa shape index (κ1) is 70.3. The lowest BCUT2D eigenvalue weighted by molar-refractivity contribution is -0.121. The van der Waals surface area contributed by atoms with E-state index in [1.165, 1.54) is 70.9 Å². The van der Waals surface area contributed by atoms with Crippen molar-refractivity contribution in [1.29, 1.82) is 0 Å². The van der Waals surface area contributed by atoms with E-state index in [0.717, 1.165) is 16.5 Å². The number of H-pyrrole nitrogens is 1. The standard InChI is InChI=1S/C65H80N14O13/c1-89-55-19-15-36(26-42(55)59(67)84)31-52(81)48(13-8-23-73-63(68)69)77-60(85)43-28-38(17-21-56(43)90-2)32-53(82)49(14-9-24-74-64(70)71)78-61(86)44-29-39(18-22-57(44)91-3)33-54(83)50(34-40-35-76-47-12-6-5-10-41(40)47)79-62(87)45-27-37(16-20-58(45)92-4)30-51(80)46(66)11-7-25-75-65(72)88/h5-6,10,12,15-22,26-29,35,46,48-50,76H,7-9,11,13-14,23-25,30-34,66H2,1-4H3,(H2,67,84)(H,77,85)(H,78,86)(H,79,87)(H4,68,69,73)(H4,70,71,74)(H3,72,75,88)/t46-,48-,49-,50-/m1/s1. The van der Waals surface area contributed by atoms with Crippen molar-refractivity contribution >= 4 is 75.6 Å². The number of nitrogens with two attached hydrogens (primary N) is 7. The molecule has 0 aliphatic rings. The van der Waals surface area contributed by atoms with E-state index >= 15 is 0 Å². The Hall–Kier alpha value is -10.8. The van der Waals surface area contributed by atoms with Gasteiger partial charge in [0.05, 0.1) is 74.9 Å². The van der Waals surface area contributed by atoms with Gasteiger partial charge in [-0.1, -0.05) is 42.5 Å². The maximum atomic E-state index is 14.8. The molecule has 1 aromatic heterocycles. The minimum absolute atomic E-state index is 0.0163. The molecule has 0 radical (unpaired) electrons. The maximum absolute atomic E-state index is 14.8. The van der Waals surface area contributed by atoms with Crippen LogP contribution in [0.3, 0.4) is 0 Å². The number of fused-ring (bicyclic) bond motifs is 1. The summed E-state index contributed by atoms with van der Waals surface area (Å²) >= 11 is 0. The number of rotatable bonds is 37. The van der Waals surface area contributed by atoms with Crippen LogP contribution in [-0.4, -0.2) is 142 Å². The van der Waals surface area contributed by atoms with Crippen LogP contribution in [0.2, 0.25) is 0 Å². The smallest absolute Gasteiger partial charge is 0.312 e. The van der Waals surface area contributed by atoms with Gasteiger partial charge in [-0.05, 0) is 121 Å². The molecule has 6 amide bonds. The number of Topliss-reactive ketones (excluding diaryl/α,β-unsaturated/α-hetero) is 4. The van der Waals surface area contributed by atoms with Crippen molar-refractivity contribution in [2.45, 2.75) is 94.8 Å². The van der Waals surface area contributed by atoms with Gasteiger partial charge in [-0.15, -0.1) is 0 Å². The first-order chi connectivity index (χ1) is 44.0. The molecule has 0 saturated carbocycles. The second kappa shape index (κ2) is 34.2. The van der Waals surface area contributed by atoms with Gasteiger partial charge in [-0.3, -0.25) is 48.3 Å². The van der Waals surface area contributed by atoms with Crippen LogP contribution in [0.15, 0.2) is 113 Å². The number of ether oxygens (including phenoxy) is 4. The predicted molar refractivity (Wildman–Crippen MR) is 346 cm³/mol. The largest absolute Gasteiger partial charge is 0.496 e. The highest BCUT2D eigenvalue weighted by atomic mass is 16.5. The fraction of sp³-hybridized carbons (Fsp3) is 0.338. The van der Waals surface area contributed by atoms with Crippen molar-refractivity contribution in [1.82, 2.24) is 26.3 Å². The Bertz CT molecular complexity index is 3730. The minimum atomic E-state index is -1.18. The topological polar surface area (TPSA) is 461 Å². The molecular formula is C65H80N14O13. The number of aromatic amines is 1. The van der Waals surface area contributed by atoms with E-state index in [2.05, 4.69) is 36.2 Å². The molecule has 19 N–H and O–H groups in total. The molecule has 6 aromatic rings. The van der Waals surface area contributed by atoms with Crippen LogP contribution in [0, 0.1) is 0 Å². The summed E-state index contributed by atoms with van der Waals surface area (Å²) in [5, 5.41) is 11.8. The number of amides is 6. The third-order valence-corrected chi connectivity index (χ3v) is 15.0. The number of aromatic nitrogens is 1. The zero-order valence-electron chi connectivity index (χ0n) is 51.8. The number of methoxy groups -OCH3 is 4. The molecule has 488 valence electrons. The number of nitrogens with one attached hydrogen (secondary N) is 5. The number of guanidine groups is 2. The number of primary amides is 2. The number of benzene rings is 5. The summed E-state index contributed by atoms with van der Waals surface area (Å²) in [6, 6.07) is 20.8. The summed E-state index contributed by atoms with van der Waals surface area (Å²) in [6.07, 6.45) is 2.23. The summed E-state index contributed by atoms with van der Waals surface area (Å²) < 4.78 is 22.0. The summed E-state index contributed by atoms with van der Waals surface area (Å²) in [7, 11) is 5.46. The van der Waals surface area contributed by atoms with E-state index in [9.17, 15) is 43.2 Å². The minimum Gasteiger partial charge on any atom is -0.496 e. The highest BCUT2D eigenvalue weighted by Gasteiger charge is 2.30. The lowest BCUT2D eigenvalue weighted by Gasteiger charge is -2.21. The number of ketones is 4. The zero-order valence-corrected chi connectivity index (χ0v) is 51.8. The van der Waals surface area contributed by atoms with E-state index < -0.39 is 71.2 Å². The number of para-hydroxylation sites is 1. The van der Waals surface area contributed by atoms with Gasteiger partial charge in [0.1, 0.15) is 23.0 Å². The summed E-state index contributed by atoms with van der Waals surface area (Å²) in [5.41, 5.74) is 42.4. The van der Waals surface area contributed by atoms with Crippen molar-refractivity contribution in [2.24, 2.45) is 50.1 Å². The van der Waals surface area contributed by atoms with Crippen LogP contribution in [0.4, 0.5) is 4.79 Å². The van der Waals surface area contributed by atoms with E-state index in [-0.39, 0.29) is 147 Å². The average molecular weight is 1270 g/mol. The van der Waals surface area contributed by atoms with Crippen molar-refractivity contribution < 1.29 is 62.1 Å². The quantitative estimate of drug-likeness (QED) is 0.0151. The van der Waals surface area contributed by atoms with Gasteiger partial charge in [0.15, 0.2) is 35.1 Å². The van der Waals surface area contributed by atoms with Gasteiger partial charge in [0, 0.05) is 68.8 Å². The molecule has 27 nitrogen and oxygen atoms in total. The highest BCUT2D eigenvalue weighted by Crippen LogP contribution is 2.27. The first-order valence-corrected chi connectivity index (χ1v) is 29.5. The number of aliphatic imine (C=N–C) groups is 2. The van der Waals surface area contributed by atoms with Crippen LogP contribution >= 0.6 is 0 Å². The van der Waals surface area contributed by atoms with Crippen molar-refractivity contribution in [2.75, 3.05) is 48.1 Å². The lowest BCUT2D eigenvalue weighted by atomic mass is 9.95. The second-order valence-electron chi connectivity index (χ2n) is 21.7. The Balaban J connectivity index is 1.23. The van der Waals surface area contributed by atoms with E-state index in [4.69, 9.17) is 59.1 Å². The number of hydrogen-bond acceptors (Lipinski definition) is 16. The maximum Gasteiger partial charge on any atom is 0.312 e. The van der Waals surface area contributed by atoms with Gasteiger partial charge in [0.25, 0.3) is 23.6 Å². The Morgan fingerprint density at radius 3 is 1.28 bits per heavy atom. The summed E-state index contributed by atoms with van der Waals surface area (Å²) in [4.78, 5) is 134. The zero-order chi connectivity index (χ0) is 67.0. The molecule has 0 fully saturated rings. The van der Waals surface area contributed by atoms with Crippen molar-refractivity contribution in [3.05, 3.63) is 153 Å². The molecule has 0 unspecified atom stereocenters. The Labute approximate surface area is 531 Å². The molecule has 4 atom stereocenters. The molecule has 0 spiro atoms. The lowest BCUT2D eigenvalue weighted by Crippen LogP contribution is -2.43. The molecule has 0 bridgehead atoms. The monoisotopic (exact) mass is 1260 g/mol. The molecule has 5 aromatic carbocycles. The molecule has 0 saturated heterocycles. The first-order valence-electron chi connectivity index (χ1n) is 29.5. The molecule has 92 heavy (non-hydrogen) atoms. The van der Waals surface area contributed by atoms with Gasteiger partial charge in [0.2, 0.25) is 0 Å². The van der Waals surface area contributed by atoms with E-state index in [1.807, 2.05) is 24.3 Å². The average Bonchev–Trinajstić information content (AvgIpc) is 1.47. The second-order valence-corrected chi connectivity index (χ2v) is 21.7. The van der Waals surface area contributed by atoms with E-state index in [1.54, 1.807) is 36.5 Å². The highest BCUT2D eigenvalue weighted by molar-refractivity contribution is 6.04. The summed E-state index contributed by atoms with van der Waals surface area (Å²) in [5.74, 6) is -4.25. The number of nitrogens with zero attached hydrogens (tertiary/aromatic N) is 2. The van der Waals surface area contributed by atoms with Gasteiger partial charge in [-0.25, -0.2) is 4.79 Å². The van der Waals surface area contributed by atoms with Gasteiger partial charge in [-0.2, -0.15) is 0 Å². The van der Waals surface area contributed by atoms with Crippen LogP contribution in [0.1, 0.15) is 108 Å². The molecule has 0 aliphatic heterocycles. The number of carbonyl (C=O) groups is 9. The third kappa shape index (κ3) is 20.4. The normalized spacial score (nSPS) is 12.2. The van der Waals surface area contributed by atoms with Gasteiger partial charge >= 0.3 is 6.03 Å². The molecule has 27 heteroatoms. The fourth-order valence-electron chi connectivity index (χ4n) is 10.3. The van der Waals surface area contributed by atoms with Crippen molar-refractivity contribution in [3.63, 3.8) is 0 Å². The third-order valence-electron chi connectivity index (χ3n) is 15.0. The van der Waals surface area contributed by atoms with Gasteiger partial charge < -0.3 is 85.3 Å². The molecule has 6 rings (SSSR count). The van der Waals surface area contributed by atoms with Crippen molar-refractivity contribution in [3.8, 4) is 23.0 Å². The number of carbonyl (C=O) groups excluding carboxylic acids is 9. The van der Waals surface area contributed by atoms with Crippen LogP contribution < -0.4 is 80.4 Å². The molecular weight excluding hydrogens is 1180 g/mol. The SMILES string of the molecule is COc1ccc(CC(=O)[C@@H](CCCN=C(N)N)NC(=O)c2cc(CC(=O)[C@@H](CCCN=C(N)N)NC(=O)c3cc(CC(=O)[C@@H](Cc4c[nH]c5ccccc45)NC(=O)c4cc(CC(=O)[C@H](N)CCCNC(N)=O)ccc4OC)ccc3OC)ccc2OC)cc1C(N)=O. The van der Waals surface area contributed by atoms with E-state index in [0.29, 0.717) is 28.7 Å². The Morgan fingerprint density at radius 2 is 0.870 bits per heavy atom.